The van der Waals surface area contributed by atoms with Crippen LogP contribution < -0.4 is 15.5 Å². The maximum Gasteiger partial charge on any atom is 0.329 e. The standard InChI is InChI=1S/C28H20FN5O3S/c29-21-13-10-18(11-14-21)17-37-24-15-12-19-6-4-5-9-22(19)23(24)16-30-32-26(36)25(35)31-28-34-33-27(38-28)20-7-2-1-3-8-20/h1-16H,17H2,(H,32,36)(H,31,34,35)/b30-16-. The second-order valence-corrected chi connectivity index (χ2v) is 9.02. The second kappa shape index (κ2) is 11.4. The Bertz CT molecular complexity index is 1620. The van der Waals surface area contributed by atoms with Crippen LogP contribution >= 0.6 is 11.3 Å². The first-order valence-corrected chi connectivity index (χ1v) is 12.3. The van der Waals surface area contributed by atoms with Gasteiger partial charge in [-0.15, -0.1) is 10.2 Å². The molecule has 10 heteroatoms. The minimum atomic E-state index is -0.966. The lowest BCUT2D eigenvalue weighted by molar-refractivity contribution is -0.136. The summed E-state index contributed by atoms with van der Waals surface area (Å²) in [5.74, 6) is -1.71. The quantitative estimate of drug-likeness (QED) is 0.173. The Balaban J connectivity index is 1.27. The van der Waals surface area contributed by atoms with Gasteiger partial charge in [0.25, 0.3) is 0 Å². The fourth-order valence-corrected chi connectivity index (χ4v) is 4.35. The van der Waals surface area contributed by atoms with Crippen LogP contribution in [0.15, 0.2) is 96.1 Å². The summed E-state index contributed by atoms with van der Waals surface area (Å²) >= 11 is 1.15. The predicted molar refractivity (Wildman–Crippen MR) is 144 cm³/mol. The molecular formula is C28H20FN5O3S. The number of hydrazone groups is 1. The number of nitrogens with one attached hydrogen (secondary N) is 2. The highest BCUT2D eigenvalue weighted by molar-refractivity contribution is 7.18. The molecule has 0 atom stereocenters. The molecule has 8 nitrogen and oxygen atoms in total. The van der Waals surface area contributed by atoms with Crippen molar-refractivity contribution in [3.63, 3.8) is 0 Å². The van der Waals surface area contributed by atoms with E-state index in [0.29, 0.717) is 16.3 Å². The third kappa shape index (κ3) is 5.88. The van der Waals surface area contributed by atoms with Gasteiger partial charge in [0, 0.05) is 11.1 Å². The molecule has 0 aliphatic rings. The average molecular weight is 526 g/mol. The predicted octanol–water partition coefficient (Wildman–Crippen LogP) is 5.17. The van der Waals surface area contributed by atoms with Gasteiger partial charge in [0.15, 0.2) is 0 Å². The minimum absolute atomic E-state index is 0.193. The molecule has 0 aliphatic carbocycles. The lowest BCUT2D eigenvalue weighted by Crippen LogP contribution is -2.32. The summed E-state index contributed by atoms with van der Waals surface area (Å²) < 4.78 is 19.2. The molecule has 0 radical (unpaired) electrons. The molecule has 1 heterocycles. The number of hydrogen-bond acceptors (Lipinski definition) is 7. The van der Waals surface area contributed by atoms with Crippen molar-refractivity contribution in [2.24, 2.45) is 5.10 Å². The Morgan fingerprint density at radius 1 is 0.895 bits per heavy atom. The number of aromatic nitrogens is 2. The van der Waals surface area contributed by atoms with Crippen LogP contribution in [0.2, 0.25) is 0 Å². The highest BCUT2D eigenvalue weighted by atomic mass is 32.1. The van der Waals surface area contributed by atoms with Crippen LogP contribution in [0, 0.1) is 5.82 Å². The van der Waals surface area contributed by atoms with Gasteiger partial charge >= 0.3 is 11.8 Å². The Hall–Kier alpha value is -4.96. The Morgan fingerprint density at radius 3 is 2.47 bits per heavy atom. The zero-order valence-electron chi connectivity index (χ0n) is 19.8. The topological polar surface area (TPSA) is 106 Å². The Kier molecular flexibility index (Phi) is 7.42. The lowest BCUT2D eigenvalue weighted by atomic mass is 10.0. The van der Waals surface area contributed by atoms with E-state index < -0.39 is 11.8 Å². The molecule has 1 aromatic heterocycles. The van der Waals surface area contributed by atoms with Gasteiger partial charge < -0.3 is 4.74 Å². The third-order valence-electron chi connectivity index (χ3n) is 5.47. The summed E-state index contributed by atoms with van der Waals surface area (Å²) in [5.41, 5.74) is 4.50. The molecule has 2 N–H and O–H groups in total. The monoisotopic (exact) mass is 525 g/mol. The van der Waals surface area contributed by atoms with E-state index in [2.05, 4.69) is 26.0 Å². The number of anilines is 1. The van der Waals surface area contributed by atoms with E-state index in [4.69, 9.17) is 4.74 Å². The zero-order valence-corrected chi connectivity index (χ0v) is 20.6. The summed E-state index contributed by atoms with van der Waals surface area (Å²) in [6.45, 7) is 0.209. The molecule has 5 rings (SSSR count). The van der Waals surface area contributed by atoms with Crippen molar-refractivity contribution in [2.75, 3.05) is 5.32 Å². The van der Waals surface area contributed by atoms with Crippen molar-refractivity contribution >= 4 is 45.3 Å². The highest BCUT2D eigenvalue weighted by Crippen LogP contribution is 2.28. The molecule has 188 valence electrons. The first-order valence-electron chi connectivity index (χ1n) is 11.5. The fraction of sp³-hybridized carbons (Fsp3) is 0.0357. The van der Waals surface area contributed by atoms with E-state index >= 15 is 0 Å². The van der Waals surface area contributed by atoms with Gasteiger partial charge in [0.05, 0.1) is 6.21 Å². The molecule has 0 aliphatic heterocycles. The van der Waals surface area contributed by atoms with Crippen LogP contribution in [0.25, 0.3) is 21.3 Å². The number of halogens is 1. The van der Waals surface area contributed by atoms with Crippen molar-refractivity contribution in [1.29, 1.82) is 0 Å². The molecule has 0 bridgehead atoms. The summed E-state index contributed by atoms with van der Waals surface area (Å²) in [4.78, 5) is 24.7. The van der Waals surface area contributed by atoms with E-state index in [0.717, 1.165) is 33.2 Å². The highest BCUT2D eigenvalue weighted by Gasteiger charge is 2.16. The van der Waals surface area contributed by atoms with Crippen LogP contribution in [-0.4, -0.2) is 28.2 Å². The van der Waals surface area contributed by atoms with Gasteiger partial charge in [-0.25, -0.2) is 9.82 Å². The van der Waals surface area contributed by atoms with Gasteiger partial charge in [0.2, 0.25) is 5.13 Å². The molecule has 0 saturated carbocycles. The van der Waals surface area contributed by atoms with Gasteiger partial charge in [-0.05, 0) is 34.5 Å². The average Bonchev–Trinajstić information content (AvgIpc) is 3.42. The summed E-state index contributed by atoms with van der Waals surface area (Å²) in [7, 11) is 0. The van der Waals surface area contributed by atoms with Crippen molar-refractivity contribution in [2.45, 2.75) is 6.61 Å². The molecule has 38 heavy (non-hydrogen) atoms. The van der Waals surface area contributed by atoms with Gasteiger partial charge in [-0.1, -0.05) is 84.1 Å². The molecule has 4 aromatic carbocycles. The molecule has 0 saturated heterocycles. The van der Waals surface area contributed by atoms with Crippen LogP contribution in [0.5, 0.6) is 5.75 Å². The van der Waals surface area contributed by atoms with E-state index in [1.54, 1.807) is 18.2 Å². The number of nitrogens with zero attached hydrogens (tertiary/aromatic N) is 3. The first kappa shape index (κ1) is 24.7. The van der Waals surface area contributed by atoms with Gasteiger partial charge in [-0.3, -0.25) is 14.9 Å². The fourth-order valence-electron chi connectivity index (χ4n) is 3.61. The molecule has 2 amide bonds. The number of carbonyl (C=O) groups is 2. The number of fused-ring (bicyclic) bond motifs is 1. The van der Waals surface area contributed by atoms with Crippen molar-refractivity contribution < 1.29 is 18.7 Å². The summed E-state index contributed by atoms with van der Waals surface area (Å²) in [6, 6.07) is 26.7. The SMILES string of the molecule is O=C(N/N=C\c1c(OCc2ccc(F)cc2)ccc2ccccc12)C(=O)Nc1nnc(-c2ccccc2)s1. The van der Waals surface area contributed by atoms with Crippen molar-refractivity contribution in [3.05, 3.63) is 108 Å². The van der Waals surface area contributed by atoms with Gasteiger partial charge in [0.1, 0.15) is 23.2 Å². The van der Waals surface area contributed by atoms with E-state index in [1.165, 1.54) is 18.3 Å². The first-order chi connectivity index (χ1) is 18.6. The van der Waals surface area contributed by atoms with E-state index in [-0.39, 0.29) is 17.6 Å². The van der Waals surface area contributed by atoms with Crippen molar-refractivity contribution in [3.8, 4) is 16.3 Å². The Morgan fingerprint density at radius 2 is 1.66 bits per heavy atom. The van der Waals surface area contributed by atoms with Crippen LogP contribution in [0.1, 0.15) is 11.1 Å². The maximum absolute atomic E-state index is 13.2. The maximum atomic E-state index is 13.2. The van der Waals surface area contributed by atoms with Crippen LogP contribution in [0.4, 0.5) is 9.52 Å². The smallest absolute Gasteiger partial charge is 0.329 e. The second-order valence-electron chi connectivity index (χ2n) is 8.05. The number of hydrogen-bond donors (Lipinski definition) is 2. The molecular weight excluding hydrogens is 505 g/mol. The summed E-state index contributed by atoms with van der Waals surface area (Å²) in [5, 5.41) is 17.0. The number of amides is 2. The molecule has 0 fully saturated rings. The van der Waals surface area contributed by atoms with Crippen LogP contribution in [0.3, 0.4) is 0 Å². The zero-order chi connectivity index (χ0) is 26.3. The number of carbonyl (C=O) groups excluding carboxylic acids is 2. The minimum Gasteiger partial charge on any atom is -0.488 e. The molecule has 0 spiro atoms. The lowest BCUT2D eigenvalue weighted by Gasteiger charge is -2.12. The summed E-state index contributed by atoms with van der Waals surface area (Å²) in [6.07, 6.45) is 1.42. The van der Waals surface area contributed by atoms with E-state index in [1.807, 2.05) is 60.7 Å². The number of rotatable bonds is 7. The Labute approximate surface area is 220 Å². The number of ether oxygens (including phenoxy) is 1. The third-order valence-corrected chi connectivity index (χ3v) is 6.36. The van der Waals surface area contributed by atoms with Crippen molar-refractivity contribution in [1.82, 2.24) is 15.6 Å². The van der Waals surface area contributed by atoms with Gasteiger partial charge in [-0.2, -0.15) is 5.10 Å². The normalized spacial score (nSPS) is 11.0. The largest absolute Gasteiger partial charge is 0.488 e. The molecule has 5 aromatic rings. The number of benzene rings is 4. The van der Waals surface area contributed by atoms with E-state index in [9.17, 15) is 14.0 Å². The van der Waals surface area contributed by atoms with Crippen LogP contribution in [-0.2, 0) is 16.2 Å². The molecule has 0 unspecified atom stereocenters.